The van der Waals surface area contributed by atoms with E-state index in [0.717, 1.165) is 5.69 Å². The highest BCUT2D eigenvalue weighted by atomic mass is 35.5. The number of nitrogens with zero attached hydrogens (tertiary/aromatic N) is 1. The maximum absolute atomic E-state index is 8.59. The molecule has 0 aliphatic heterocycles. The van der Waals surface area contributed by atoms with E-state index in [-0.39, 0.29) is 11.9 Å². The predicted molar refractivity (Wildman–Crippen MR) is 67.6 cm³/mol. The molecule has 4 nitrogen and oxygen atoms in total. The molecule has 0 bridgehead atoms. The molecule has 0 aromatic heterocycles. The summed E-state index contributed by atoms with van der Waals surface area (Å²) in [5.41, 5.74) is 6.26. The van der Waals surface area contributed by atoms with E-state index in [1.165, 1.54) is 0 Å². The Labute approximate surface area is 104 Å². The van der Waals surface area contributed by atoms with Crippen molar-refractivity contribution in [2.75, 3.05) is 5.32 Å². The summed E-state index contributed by atoms with van der Waals surface area (Å²) in [5.74, 6) is 0.124. The molecule has 4 N–H and O–H groups in total. The van der Waals surface area contributed by atoms with Gasteiger partial charge in [0.25, 0.3) is 0 Å². The Hall–Kier alpha value is -1.13. The van der Waals surface area contributed by atoms with Crippen molar-refractivity contribution >= 4 is 34.7 Å². The second kappa shape index (κ2) is 5.82. The summed E-state index contributed by atoms with van der Waals surface area (Å²) >= 11 is 11.7. The Morgan fingerprint density at radius 3 is 2.44 bits per heavy atom. The molecule has 16 heavy (non-hydrogen) atoms. The zero-order valence-electron chi connectivity index (χ0n) is 8.74. The summed E-state index contributed by atoms with van der Waals surface area (Å²) in [6.07, 6.45) is 0.681. The van der Waals surface area contributed by atoms with E-state index in [2.05, 4.69) is 10.5 Å². The summed E-state index contributed by atoms with van der Waals surface area (Å²) in [4.78, 5) is 0. The molecule has 88 valence electrons. The third-order valence-corrected chi connectivity index (χ3v) is 2.52. The predicted octanol–water partition coefficient (Wildman–Crippen LogP) is 2.93. The van der Waals surface area contributed by atoms with Crippen molar-refractivity contribution in [2.45, 2.75) is 19.4 Å². The second-order valence-corrected chi connectivity index (χ2v) is 4.16. The van der Waals surface area contributed by atoms with E-state index < -0.39 is 0 Å². The maximum Gasteiger partial charge on any atom is 0.161 e. The van der Waals surface area contributed by atoms with Crippen LogP contribution in [0.2, 0.25) is 10.0 Å². The SMILES string of the molecule is CCC(Nc1cc(Cl)cc(Cl)c1)C(N)=NO. The van der Waals surface area contributed by atoms with Crippen LogP contribution in [0.15, 0.2) is 23.4 Å². The van der Waals surface area contributed by atoms with Crippen LogP contribution in [0, 0.1) is 0 Å². The number of benzene rings is 1. The zero-order chi connectivity index (χ0) is 12.1. The van der Waals surface area contributed by atoms with Crippen LogP contribution in [0.4, 0.5) is 5.69 Å². The van der Waals surface area contributed by atoms with Gasteiger partial charge in [0.2, 0.25) is 0 Å². The molecule has 0 spiro atoms. The van der Waals surface area contributed by atoms with Gasteiger partial charge in [0.05, 0.1) is 6.04 Å². The van der Waals surface area contributed by atoms with Gasteiger partial charge in [-0.05, 0) is 24.6 Å². The first-order valence-electron chi connectivity index (χ1n) is 4.77. The van der Waals surface area contributed by atoms with Crippen molar-refractivity contribution in [2.24, 2.45) is 10.9 Å². The fourth-order valence-electron chi connectivity index (χ4n) is 1.29. The molecule has 0 saturated heterocycles. The molecule has 0 aliphatic carbocycles. The van der Waals surface area contributed by atoms with Crippen LogP contribution in [0.5, 0.6) is 0 Å². The van der Waals surface area contributed by atoms with Crippen LogP contribution in [-0.4, -0.2) is 17.1 Å². The van der Waals surface area contributed by atoms with Crippen LogP contribution < -0.4 is 11.1 Å². The van der Waals surface area contributed by atoms with Crippen molar-refractivity contribution in [3.05, 3.63) is 28.2 Å². The van der Waals surface area contributed by atoms with E-state index in [9.17, 15) is 0 Å². The summed E-state index contributed by atoms with van der Waals surface area (Å²) < 4.78 is 0. The van der Waals surface area contributed by atoms with Gasteiger partial charge in [-0.15, -0.1) is 0 Å². The summed E-state index contributed by atoms with van der Waals surface area (Å²) in [6, 6.07) is 4.83. The number of oxime groups is 1. The highest BCUT2D eigenvalue weighted by Crippen LogP contribution is 2.23. The number of hydrogen-bond acceptors (Lipinski definition) is 3. The standard InChI is InChI=1S/C10H13Cl2N3O/c1-2-9(10(13)15-16)14-8-4-6(11)3-7(12)5-8/h3-5,9,14,16H,2H2,1H3,(H2,13,15). The fraction of sp³-hybridized carbons (Fsp3) is 0.300. The lowest BCUT2D eigenvalue weighted by Gasteiger charge is -2.17. The maximum atomic E-state index is 8.59. The average Bonchev–Trinajstić information content (AvgIpc) is 2.23. The molecule has 0 fully saturated rings. The lowest BCUT2D eigenvalue weighted by atomic mass is 10.2. The molecule has 1 aromatic rings. The minimum Gasteiger partial charge on any atom is -0.409 e. The van der Waals surface area contributed by atoms with Crippen LogP contribution in [0.25, 0.3) is 0 Å². The van der Waals surface area contributed by atoms with Crippen molar-refractivity contribution in [3.63, 3.8) is 0 Å². The van der Waals surface area contributed by atoms with Crippen LogP contribution >= 0.6 is 23.2 Å². The Bertz CT molecular complexity index is 375. The summed E-state index contributed by atoms with van der Waals surface area (Å²) in [7, 11) is 0. The van der Waals surface area contributed by atoms with Crippen molar-refractivity contribution < 1.29 is 5.21 Å². The Balaban J connectivity index is 2.86. The van der Waals surface area contributed by atoms with Crippen LogP contribution in [-0.2, 0) is 0 Å². The first-order valence-corrected chi connectivity index (χ1v) is 5.52. The molecule has 6 heteroatoms. The van der Waals surface area contributed by atoms with E-state index in [1.54, 1.807) is 18.2 Å². The van der Waals surface area contributed by atoms with Gasteiger partial charge >= 0.3 is 0 Å². The van der Waals surface area contributed by atoms with E-state index in [1.807, 2.05) is 6.92 Å². The second-order valence-electron chi connectivity index (χ2n) is 3.29. The smallest absolute Gasteiger partial charge is 0.161 e. The Morgan fingerprint density at radius 2 is 2.00 bits per heavy atom. The highest BCUT2D eigenvalue weighted by molar-refractivity contribution is 6.35. The monoisotopic (exact) mass is 261 g/mol. The number of hydrogen-bond donors (Lipinski definition) is 3. The van der Waals surface area contributed by atoms with Crippen molar-refractivity contribution in [3.8, 4) is 0 Å². The van der Waals surface area contributed by atoms with Gasteiger partial charge in [-0.25, -0.2) is 0 Å². The number of nitrogens with one attached hydrogen (secondary N) is 1. The largest absolute Gasteiger partial charge is 0.409 e. The Morgan fingerprint density at radius 1 is 1.44 bits per heavy atom. The van der Waals surface area contributed by atoms with Gasteiger partial charge in [-0.3, -0.25) is 0 Å². The molecule has 1 aromatic carbocycles. The lowest BCUT2D eigenvalue weighted by Crippen LogP contribution is -2.35. The third-order valence-electron chi connectivity index (χ3n) is 2.08. The lowest BCUT2D eigenvalue weighted by molar-refractivity contribution is 0.316. The van der Waals surface area contributed by atoms with Crippen molar-refractivity contribution in [1.82, 2.24) is 0 Å². The minimum atomic E-state index is -0.250. The number of halogens is 2. The van der Waals surface area contributed by atoms with Crippen LogP contribution in [0.1, 0.15) is 13.3 Å². The van der Waals surface area contributed by atoms with E-state index in [4.69, 9.17) is 34.1 Å². The van der Waals surface area contributed by atoms with E-state index >= 15 is 0 Å². The fourth-order valence-corrected chi connectivity index (χ4v) is 1.82. The van der Waals surface area contributed by atoms with Gasteiger partial charge in [0.1, 0.15) is 0 Å². The molecular weight excluding hydrogens is 249 g/mol. The molecule has 0 saturated carbocycles. The first-order chi connectivity index (χ1) is 7.56. The normalized spacial score (nSPS) is 13.6. The number of anilines is 1. The minimum absolute atomic E-state index is 0.124. The number of nitrogens with two attached hydrogens (primary N) is 1. The van der Waals surface area contributed by atoms with E-state index in [0.29, 0.717) is 16.5 Å². The van der Waals surface area contributed by atoms with Crippen molar-refractivity contribution in [1.29, 1.82) is 0 Å². The van der Waals surface area contributed by atoms with Gasteiger partial charge in [-0.2, -0.15) is 0 Å². The molecule has 0 amide bonds. The quantitative estimate of drug-likeness (QED) is 0.338. The van der Waals surface area contributed by atoms with Gasteiger partial charge < -0.3 is 16.3 Å². The molecule has 0 aliphatic rings. The molecule has 0 radical (unpaired) electrons. The highest BCUT2D eigenvalue weighted by Gasteiger charge is 2.11. The molecule has 1 atom stereocenters. The van der Waals surface area contributed by atoms with Gasteiger partial charge in [0, 0.05) is 15.7 Å². The van der Waals surface area contributed by atoms with Crippen LogP contribution in [0.3, 0.4) is 0 Å². The van der Waals surface area contributed by atoms with Gasteiger partial charge in [0.15, 0.2) is 5.84 Å². The molecular formula is C10H13Cl2N3O. The number of amidine groups is 1. The molecule has 0 heterocycles. The first kappa shape index (κ1) is 12.9. The summed E-state index contributed by atoms with van der Waals surface area (Å²) in [5, 5.41) is 15.7. The average molecular weight is 262 g/mol. The Kier molecular flexibility index (Phi) is 4.71. The van der Waals surface area contributed by atoms with Gasteiger partial charge in [-0.1, -0.05) is 35.3 Å². The third kappa shape index (κ3) is 3.47. The topological polar surface area (TPSA) is 70.6 Å². The zero-order valence-corrected chi connectivity index (χ0v) is 10.3. The summed E-state index contributed by atoms with van der Waals surface area (Å²) in [6.45, 7) is 1.92. The molecule has 1 unspecified atom stereocenters. The molecule has 1 rings (SSSR count). The number of rotatable bonds is 4.